The number of fused-ring (bicyclic) bond motifs is 1. The van der Waals surface area contributed by atoms with Crippen LogP contribution in [0.15, 0.2) is 83.3 Å². The maximum atomic E-state index is 14.0. The average molecular weight is 597 g/mol. The molecule has 3 aromatic carbocycles. The molecule has 2 unspecified atom stereocenters. The van der Waals surface area contributed by atoms with Crippen LogP contribution in [0, 0.1) is 6.92 Å². The van der Waals surface area contributed by atoms with E-state index in [4.69, 9.17) is 5.10 Å². The van der Waals surface area contributed by atoms with E-state index in [9.17, 15) is 22.8 Å². The van der Waals surface area contributed by atoms with E-state index < -0.39 is 29.6 Å². The quantitative estimate of drug-likeness (QED) is 0.296. The van der Waals surface area contributed by atoms with Gasteiger partial charge in [0.25, 0.3) is 11.8 Å². The molecule has 1 N–H and O–H groups in total. The van der Waals surface area contributed by atoms with E-state index in [1.165, 1.54) is 12.1 Å². The summed E-state index contributed by atoms with van der Waals surface area (Å²) in [5, 5.41) is 7.54. The second kappa shape index (κ2) is 10.3. The number of alkyl halides is 3. The summed E-state index contributed by atoms with van der Waals surface area (Å²) in [5.41, 5.74) is 1.84. The van der Waals surface area contributed by atoms with E-state index in [0.29, 0.717) is 18.1 Å². The molecule has 2 atom stereocenters. The van der Waals surface area contributed by atoms with Crippen LogP contribution in [-0.2, 0) is 11.0 Å². The third-order valence-corrected chi connectivity index (χ3v) is 7.33. The van der Waals surface area contributed by atoms with Crippen molar-refractivity contribution in [3.63, 3.8) is 0 Å². The fraction of sp³-hybridized carbons (Fsp3) is 0.207. The van der Waals surface area contributed by atoms with E-state index in [-0.39, 0.29) is 11.5 Å². The van der Waals surface area contributed by atoms with Gasteiger partial charge in [-0.3, -0.25) is 14.5 Å². The van der Waals surface area contributed by atoms with Crippen molar-refractivity contribution < 1.29 is 22.8 Å². The molecule has 1 aliphatic rings. The second-order valence-corrected chi connectivity index (χ2v) is 10.1. The predicted octanol–water partition coefficient (Wildman–Crippen LogP) is 6.26. The first kappa shape index (κ1) is 26.7. The van der Waals surface area contributed by atoms with Gasteiger partial charge in [-0.25, -0.2) is 4.68 Å². The number of rotatable bonds is 5. The van der Waals surface area contributed by atoms with Crippen LogP contribution in [0.25, 0.3) is 5.69 Å². The lowest BCUT2D eigenvalue weighted by atomic mass is 9.81. The van der Waals surface area contributed by atoms with Gasteiger partial charge in [-0.05, 0) is 61.9 Å². The number of carbonyl (C=O) groups excluding carboxylic acids is 2. The predicted molar refractivity (Wildman–Crippen MR) is 145 cm³/mol. The van der Waals surface area contributed by atoms with Crippen LogP contribution in [0.4, 0.5) is 19.0 Å². The molecule has 2 heterocycles. The zero-order chi connectivity index (χ0) is 27.9. The van der Waals surface area contributed by atoms with E-state index in [2.05, 4.69) is 21.2 Å². The molecule has 5 rings (SSSR count). The molecular formula is C29H24BrF3N4O2. The summed E-state index contributed by atoms with van der Waals surface area (Å²) in [5.74, 6) is -1.18. The Labute approximate surface area is 231 Å². The van der Waals surface area contributed by atoms with Gasteiger partial charge in [0.2, 0.25) is 0 Å². The number of hydrogen-bond donors (Lipinski definition) is 1. The van der Waals surface area contributed by atoms with Gasteiger partial charge in [-0.2, -0.15) is 18.3 Å². The molecule has 200 valence electrons. The first-order valence-corrected chi connectivity index (χ1v) is 13.1. The number of nitrogens with zero attached hydrogens (tertiary/aromatic N) is 3. The SMILES string of the molecule is CCN1C(=O)C(NC(=O)c2cccc(C(F)(F)F)c2)C(c2ccc(Br)cc2)c2c(C)nn(-c3ccccc3)c21. The zero-order valence-corrected chi connectivity index (χ0v) is 22.6. The number of likely N-dealkylation sites (N-methyl/N-ethyl adjacent to an activating group) is 1. The number of benzene rings is 3. The second-order valence-electron chi connectivity index (χ2n) is 9.21. The molecule has 0 saturated carbocycles. The van der Waals surface area contributed by atoms with Gasteiger partial charge in [-0.15, -0.1) is 0 Å². The molecular weight excluding hydrogens is 573 g/mol. The van der Waals surface area contributed by atoms with Crippen molar-refractivity contribution in [2.24, 2.45) is 0 Å². The standard InChI is InChI=1S/C29H24BrF3N4O2/c1-3-36-27-23(17(2)35-37(27)22-10-5-4-6-11-22)24(18-12-14-21(30)15-13-18)25(28(36)39)34-26(38)19-8-7-9-20(16-19)29(31,32)33/h4-16,24-25H,3H2,1-2H3,(H,34,38). The summed E-state index contributed by atoms with van der Waals surface area (Å²) in [6.45, 7) is 3.97. The summed E-state index contributed by atoms with van der Waals surface area (Å²) in [4.78, 5) is 28.9. The Kier molecular flexibility index (Phi) is 7.07. The van der Waals surface area contributed by atoms with E-state index in [1.807, 2.05) is 68.4 Å². The highest BCUT2D eigenvalue weighted by atomic mass is 79.9. The van der Waals surface area contributed by atoms with Crippen molar-refractivity contribution in [3.8, 4) is 5.69 Å². The van der Waals surface area contributed by atoms with Gasteiger partial charge in [0.1, 0.15) is 11.9 Å². The average Bonchev–Trinajstić information content (AvgIpc) is 3.26. The van der Waals surface area contributed by atoms with Gasteiger partial charge in [0.05, 0.1) is 16.9 Å². The van der Waals surface area contributed by atoms with Crippen molar-refractivity contribution in [1.29, 1.82) is 0 Å². The Morgan fingerprint density at radius 2 is 1.72 bits per heavy atom. The summed E-state index contributed by atoms with van der Waals surface area (Å²) in [7, 11) is 0. The minimum Gasteiger partial charge on any atom is -0.339 e. The van der Waals surface area contributed by atoms with Gasteiger partial charge < -0.3 is 5.32 Å². The number of amides is 2. The first-order chi connectivity index (χ1) is 18.6. The number of aryl methyl sites for hydroxylation is 1. The normalized spacial score (nSPS) is 17.2. The van der Waals surface area contributed by atoms with E-state index >= 15 is 0 Å². The Balaban J connectivity index is 1.65. The minimum absolute atomic E-state index is 0.183. The van der Waals surface area contributed by atoms with Crippen LogP contribution in [0.2, 0.25) is 0 Å². The molecule has 0 fully saturated rings. The maximum Gasteiger partial charge on any atom is 0.416 e. The fourth-order valence-corrected chi connectivity index (χ4v) is 5.29. The zero-order valence-electron chi connectivity index (χ0n) is 21.0. The largest absolute Gasteiger partial charge is 0.416 e. The third-order valence-electron chi connectivity index (χ3n) is 6.80. The van der Waals surface area contributed by atoms with Crippen molar-refractivity contribution in [2.45, 2.75) is 32.0 Å². The molecule has 1 aromatic heterocycles. The lowest BCUT2D eigenvalue weighted by molar-refractivity contribution is -0.137. The smallest absolute Gasteiger partial charge is 0.339 e. The molecule has 0 spiro atoms. The van der Waals surface area contributed by atoms with Crippen molar-refractivity contribution in [1.82, 2.24) is 15.1 Å². The molecule has 6 nitrogen and oxygen atoms in total. The minimum atomic E-state index is -4.60. The number of anilines is 1. The summed E-state index contributed by atoms with van der Waals surface area (Å²) in [6, 6.07) is 19.9. The Bertz CT molecular complexity index is 1530. The Morgan fingerprint density at radius 3 is 2.36 bits per heavy atom. The van der Waals surface area contributed by atoms with Crippen molar-refractivity contribution >= 4 is 33.6 Å². The molecule has 39 heavy (non-hydrogen) atoms. The van der Waals surface area contributed by atoms with Gasteiger partial charge in [-0.1, -0.05) is 52.3 Å². The Morgan fingerprint density at radius 1 is 1.03 bits per heavy atom. The lowest BCUT2D eigenvalue weighted by Gasteiger charge is -2.38. The summed E-state index contributed by atoms with van der Waals surface area (Å²) >= 11 is 3.44. The monoisotopic (exact) mass is 596 g/mol. The van der Waals surface area contributed by atoms with Crippen LogP contribution in [0.1, 0.15) is 45.6 Å². The molecule has 1 aliphatic heterocycles. The highest BCUT2D eigenvalue weighted by Crippen LogP contribution is 2.43. The molecule has 4 aromatic rings. The number of halogens is 4. The van der Waals surface area contributed by atoms with Crippen molar-refractivity contribution in [3.05, 3.63) is 111 Å². The molecule has 0 radical (unpaired) electrons. The number of nitrogens with one attached hydrogen (secondary N) is 1. The maximum absolute atomic E-state index is 14.0. The molecule has 10 heteroatoms. The van der Waals surface area contributed by atoms with E-state index in [0.717, 1.165) is 33.4 Å². The number of carbonyl (C=O) groups is 2. The highest BCUT2D eigenvalue weighted by Gasteiger charge is 2.45. The highest BCUT2D eigenvalue weighted by molar-refractivity contribution is 9.10. The van der Waals surface area contributed by atoms with Crippen LogP contribution >= 0.6 is 15.9 Å². The molecule has 2 amide bonds. The number of para-hydroxylation sites is 1. The van der Waals surface area contributed by atoms with Crippen molar-refractivity contribution in [2.75, 3.05) is 11.4 Å². The van der Waals surface area contributed by atoms with Crippen LogP contribution in [0.3, 0.4) is 0 Å². The fourth-order valence-electron chi connectivity index (χ4n) is 5.02. The third kappa shape index (κ3) is 4.96. The number of aromatic nitrogens is 2. The van der Waals surface area contributed by atoms with Gasteiger partial charge in [0, 0.05) is 28.1 Å². The first-order valence-electron chi connectivity index (χ1n) is 12.3. The summed E-state index contributed by atoms with van der Waals surface area (Å²) in [6.07, 6.45) is -4.60. The molecule has 0 saturated heterocycles. The lowest BCUT2D eigenvalue weighted by Crippen LogP contribution is -2.55. The summed E-state index contributed by atoms with van der Waals surface area (Å²) < 4.78 is 42.5. The van der Waals surface area contributed by atoms with Crippen LogP contribution < -0.4 is 10.2 Å². The number of hydrogen-bond acceptors (Lipinski definition) is 3. The molecule has 0 aliphatic carbocycles. The molecule has 0 bridgehead atoms. The van der Waals surface area contributed by atoms with Gasteiger partial charge in [0.15, 0.2) is 0 Å². The topological polar surface area (TPSA) is 67.2 Å². The van der Waals surface area contributed by atoms with Gasteiger partial charge >= 0.3 is 6.18 Å². The van der Waals surface area contributed by atoms with E-state index in [1.54, 1.807) is 9.58 Å². The van der Waals surface area contributed by atoms with Crippen LogP contribution in [-0.4, -0.2) is 34.2 Å². The van der Waals surface area contributed by atoms with Crippen LogP contribution in [0.5, 0.6) is 0 Å². The Hall–Kier alpha value is -3.92.